The number of benzene rings is 2. The fourth-order valence-electron chi connectivity index (χ4n) is 1.59. The molecule has 0 spiro atoms. The van der Waals surface area contributed by atoms with E-state index in [1.807, 2.05) is 0 Å². The molecule has 0 unspecified atom stereocenters. The Labute approximate surface area is 102 Å². The van der Waals surface area contributed by atoms with Gasteiger partial charge in [-0.05, 0) is 11.6 Å². The standard InChI is InChI=1S/C13H8FN3O/c14-11-8-4-7-10(12(11)16-17-15)13(18)9-5-2-1-3-6-9/h1-8H. The van der Waals surface area contributed by atoms with Crippen molar-refractivity contribution in [3.63, 3.8) is 0 Å². The second kappa shape index (κ2) is 5.12. The molecule has 0 N–H and O–H groups in total. The first-order valence-electron chi connectivity index (χ1n) is 5.17. The number of ketones is 1. The summed E-state index contributed by atoms with van der Waals surface area (Å²) in [6.07, 6.45) is 0. The van der Waals surface area contributed by atoms with Crippen LogP contribution in [0.2, 0.25) is 0 Å². The van der Waals surface area contributed by atoms with E-state index in [1.54, 1.807) is 30.3 Å². The molecule has 0 bridgehead atoms. The normalized spacial score (nSPS) is 9.61. The molecule has 0 atom stereocenters. The molecule has 0 radical (unpaired) electrons. The summed E-state index contributed by atoms with van der Waals surface area (Å²) in [5, 5.41) is 3.24. The average molecular weight is 241 g/mol. The molecule has 0 aliphatic heterocycles. The molecule has 0 heterocycles. The molecular weight excluding hydrogens is 233 g/mol. The van der Waals surface area contributed by atoms with Crippen LogP contribution in [0.5, 0.6) is 0 Å². The highest BCUT2D eigenvalue weighted by Crippen LogP contribution is 2.25. The minimum absolute atomic E-state index is 0.0546. The monoisotopic (exact) mass is 241 g/mol. The van der Waals surface area contributed by atoms with Crippen LogP contribution in [-0.4, -0.2) is 5.78 Å². The van der Waals surface area contributed by atoms with E-state index in [4.69, 9.17) is 5.53 Å². The molecule has 0 aromatic heterocycles. The second-order valence-electron chi connectivity index (χ2n) is 3.52. The van der Waals surface area contributed by atoms with Crippen LogP contribution in [0.3, 0.4) is 0 Å². The Morgan fingerprint density at radius 3 is 2.50 bits per heavy atom. The van der Waals surface area contributed by atoms with Crippen molar-refractivity contribution < 1.29 is 9.18 Å². The Morgan fingerprint density at radius 1 is 1.11 bits per heavy atom. The second-order valence-corrected chi connectivity index (χ2v) is 3.52. The average Bonchev–Trinajstić information content (AvgIpc) is 2.41. The van der Waals surface area contributed by atoms with E-state index in [-0.39, 0.29) is 17.0 Å². The summed E-state index contributed by atoms with van der Waals surface area (Å²) in [5.41, 5.74) is 8.60. The third kappa shape index (κ3) is 2.21. The third-order valence-corrected chi connectivity index (χ3v) is 2.41. The molecule has 0 aliphatic carbocycles. The molecule has 0 amide bonds. The summed E-state index contributed by atoms with van der Waals surface area (Å²) in [6.45, 7) is 0. The summed E-state index contributed by atoms with van der Waals surface area (Å²) in [7, 11) is 0. The minimum atomic E-state index is -0.713. The molecule has 0 fully saturated rings. The van der Waals surface area contributed by atoms with Crippen LogP contribution in [0.1, 0.15) is 15.9 Å². The Kier molecular flexibility index (Phi) is 3.36. The van der Waals surface area contributed by atoms with E-state index in [0.717, 1.165) is 6.07 Å². The first-order valence-corrected chi connectivity index (χ1v) is 5.17. The van der Waals surface area contributed by atoms with Gasteiger partial charge in [-0.1, -0.05) is 47.6 Å². The summed E-state index contributed by atoms with van der Waals surface area (Å²) >= 11 is 0. The third-order valence-electron chi connectivity index (χ3n) is 2.41. The zero-order valence-corrected chi connectivity index (χ0v) is 9.25. The maximum absolute atomic E-state index is 13.5. The van der Waals surface area contributed by atoms with Crippen molar-refractivity contribution in [1.82, 2.24) is 0 Å². The summed E-state index contributed by atoms with van der Waals surface area (Å²) in [4.78, 5) is 14.7. The summed E-state index contributed by atoms with van der Waals surface area (Å²) in [6, 6.07) is 12.4. The smallest absolute Gasteiger partial charge is 0.193 e. The highest BCUT2D eigenvalue weighted by molar-refractivity contribution is 6.11. The number of halogens is 1. The maximum atomic E-state index is 13.5. The highest BCUT2D eigenvalue weighted by Gasteiger charge is 2.15. The maximum Gasteiger partial charge on any atom is 0.193 e. The van der Waals surface area contributed by atoms with Gasteiger partial charge in [-0.15, -0.1) is 0 Å². The van der Waals surface area contributed by atoms with Gasteiger partial charge in [-0.25, -0.2) is 4.39 Å². The number of rotatable bonds is 3. The van der Waals surface area contributed by atoms with Crippen LogP contribution in [0, 0.1) is 5.82 Å². The van der Waals surface area contributed by atoms with Crippen LogP contribution in [0.25, 0.3) is 10.4 Å². The van der Waals surface area contributed by atoms with Crippen LogP contribution in [-0.2, 0) is 0 Å². The van der Waals surface area contributed by atoms with Crippen molar-refractivity contribution in [3.05, 3.63) is 75.9 Å². The number of hydrogen-bond donors (Lipinski definition) is 0. The lowest BCUT2D eigenvalue weighted by atomic mass is 10.0. The minimum Gasteiger partial charge on any atom is -0.289 e. The predicted octanol–water partition coefficient (Wildman–Crippen LogP) is 4.00. The van der Waals surface area contributed by atoms with Crippen molar-refractivity contribution in [3.8, 4) is 0 Å². The van der Waals surface area contributed by atoms with Gasteiger partial charge in [0.05, 0.1) is 5.69 Å². The Morgan fingerprint density at radius 2 is 1.83 bits per heavy atom. The van der Waals surface area contributed by atoms with Crippen LogP contribution in [0.4, 0.5) is 10.1 Å². The van der Waals surface area contributed by atoms with Gasteiger partial charge in [0.15, 0.2) is 5.78 Å². The van der Waals surface area contributed by atoms with Gasteiger partial charge in [0.25, 0.3) is 0 Å². The number of nitrogens with zero attached hydrogens (tertiary/aromatic N) is 3. The number of carbonyl (C=O) groups excluding carboxylic acids is 1. The van der Waals surface area contributed by atoms with Crippen LogP contribution in [0.15, 0.2) is 53.6 Å². The zero-order chi connectivity index (χ0) is 13.0. The lowest BCUT2D eigenvalue weighted by Gasteiger charge is -2.05. The van der Waals surface area contributed by atoms with Crippen molar-refractivity contribution in [2.24, 2.45) is 5.11 Å². The summed E-state index contributed by atoms with van der Waals surface area (Å²) < 4.78 is 13.5. The van der Waals surface area contributed by atoms with E-state index in [9.17, 15) is 9.18 Å². The molecule has 2 aromatic rings. The largest absolute Gasteiger partial charge is 0.289 e. The quantitative estimate of drug-likeness (QED) is 0.346. The van der Waals surface area contributed by atoms with E-state index < -0.39 is 5.82 Å². The SMILES string of the molecule is [N-]=[N+]=Nc1c(F)cccc1C(=O)c1ccccc1. The molecule has 5 heteroatoms. The lowest BCUT2D eigenvalue weighted by Crippen LogP contribution is -2.02. The van der Waals surface area contributed by atoms with Crippen LogP contribution >= 0.6 is 0 Å². The highest BCUT2D eigenvalue weighted by atomic mass is 19.1. The lowest BCUT2D eigenvalue weighted by molar-refractivity contribution is 0.103. The molecule has 88 valence electrons. The van der Waals surface area contributed by atoms with Crippen molar-refractivity contribution in [2.45, 2.75) is 0 Å². The molecule has 0 saturated heterocycles. The fraction of sp³-hybridized carbons (Fsp3) is 0. The van der Waals surface area contributed by atoms with Gasteiger partial charge < -0.3 is 0 Å². The molecular formula is C13H8FN3O. The Bertz CT molecular complexity index is 634. The van der Waals surface area contributed by atoms with Crippen molar-refractivity contribution in [2.75, 3.05) is 0 Å². The number of carbonyl (C=O) groups is 1. The Balaban J connectivity index is 2.55. The molecule has 4 nitrogen and oxygen atoms in total. The van der Waals surface area contributed by atoms with Crippen molar-refractivity contribution in [1.29, 1.82) is 0 Å². The number of azide groups is 1. The van der Waals surface area contributed by atoms with Gasteiger partial charge in [0, 0.05) is 16.0 Å². The molecule has 0 aliphatic rings. The molecule has 18 heavy (non-hydrogen) atoms. The first-order chi connectivity index (χ1) is 8.74. The first kappa shape index (κ1) is 11.8. The van der Waals surface area contributed by atoms with Gasteiger partial charge in [0.1, 0.15) is 5.82 Å². The Hall–Kier alpha value is -2.65. The molecule has 0 saturated carbocycles. The topological polar surface area (TPSA) is 65.8 Å². The number of hydrogen-bond acceptors (Lipinski definition) is 2. The van der Waals surface area contributed by atoms with Gasteiger partial charge >= 0.3 is 0 Å². The van der Waals surface area contributed by atoms with E-state index in [1.165, 1.54) is 12.1 Å². The van der Waals surface area contributed by atoms with Gasteiger partial charge in [-0.2, -0.15) is 0 Å². The van der Waals surface area contributed by atoms with E-state index in [2.05, 4.69) is 10.0 Å². The van der Waals surface area contributed by atoms with Gasteiger partial charge in [0.2, 0.25) is 0 Å². The van der Waals surface area contributed by atoms with Crippen LogP contribution < -0.4 is 0 Å². The molecule has 2 aromatic carbocycles. The van der Waals surface area contributed by atoms with Gasteiger partial charge in [-0.3, -0.25) is 4.79 Å². The van der Waals surface area contributed by atoms with E-state index in [0.29, 0.717) is 5.56 Å². The molecule has 2 rings (SSSR count). The van der Waals surface area contributed by atoms with Crippen molar-refractivity contribution >= 4 is 11.5 Å². The fourth-order valence-corrected chi connectivity index (χ4v) is 1.59. The predicted molar refractivity (Wildman–Crippen MR) is 65.1 cm³/mol. The summed E-state index contributed by atoms with van der Waals surface area (Å²) in [5.74, 6) is -1.09. The van der Waals surface area contributed by atoms with E-state index >= 15 is 0 Å². The zero-order valence-electron chi connectivity index (χ0n) is 9.25.